The lowest BCUT2D eigenvalue weighted by atomic mass is 9.95. The summed E-state index contributed by atoms with van der Waals surface area (Å²) >= 11 is 0. The van der Waals surface area contributed by atoms with E-state index < -0.39 is 16.3 Å². The Kier molecular flexibility index (Phi) is 6.23. The number of aromatic nitrogens is 4. The van der Waals surface area contributed by atoms with Gasteiger partial charge in [0.05, 0.1) is 28.4 Å². The second kappa shape index (κ2) is 8.96. The summed E-state index contributed by atoms with van der Waals surface area (Å²) in [5.41, 5.74) is 10.3. The lowest BCUT2D eigenvalue weighted by Crippen LogP contribution is -2.28. The van der Waals surface area contributed by atoms with Gasteiger partial charge < -0.3 is 10.2 Å². The predicted octanol–water partition coefficient (Wildman–Crippen LogP) is 4.88. The number of hydrogen-bond acceptors (Lipinski definition) is 7. The van der Waals surface area contributed by atoms with E-state index in [1.165, 1.54) is 0 Å². The first-order valence-corrected chi connectivity index (χ1v) is 11.9. The fourth-order valence-corrected chi connectivity index (χ4v) is 4.25. The molecule has 0 spiro atoms. The van der Waals surface area contributed by atoms with Crippen molar-refractivity contribution in [1.29, 1.82) is 0 Å². The normalized spacial score (nSPS) is 12.8. The van der Waals surface area contributed by atoms with Crippen molar-refractivity contribution in [3.8, 4) is 34.3 Å². The fourth-order valence-electron chi connectivity index (χ4n) is 3.30. The summed E-state index contributed by atoms with van der Waals surface area (Å²) in [6, 6.07) is 15.3. The van der Waals surface area contributed by atoms with Gasteiger partial charge in [0.2, 0.25) is 5.89 Å². The van der Waals surface area contributed by atoms with Crippen molar-refractivity contribution in [2.75, 3.05) is 0 Å². The molecule has 170 valence electrons. The van der Waals surface area contributed by atoms with Gasteiger partial charge >= 0.3 is 0 Å². The Morgan fingerprint density at radius 3 is 2.15 bits per heavy atom. The molecule has 33 heavy (non-hydrogen) atoms. The molecule has 2 aromatic carbocycles. The van der Waals surface area contributed by atoms with E-state index in [1.54, 1.807) is 6.20 Å². The van der Waals surface area contributed by atoms with Gasteiger partial charge in [-0.25, -0.2) is 4.98 Å². The Hall–Kier alpha value is -3.23. The van der Waals surface area contributed by atoms with Crippen LogP contribution in [-0.2, 0) is 16.3 Å². The van der Waals surface area contributed by atoms with Crippen molar-refractivity contribution in [2.45, 2.75) is 50.3 Å². The maximum atomic E-state index is 12.3. The van der Waals surface area contributed by atoms with Gasteiger partial charge in [-0.1, -0.05) is 38.1 Å². The largest absolute Gasteiger partial charge is 0.415 e. The highest BCUT2D eigenvalue weighted by Crippen LogP contribution is 2.28. The molecule has 0 aliphatic carbocycles. The zero-order valence-corrected chi connectivity index (χ0v) is 20.2. The Labute approximate surface area is 196 Å². The topological polar surface area (TPSA) is 108 Å². The first kappa shape index (κ1) is 22.9. The third-order valence-electron chi connectivity index (χ3n) is 5.27. The Balaban J connectivity index is 1.63. The summed E-state index contributed by atoms with van der Waals surface area (Å²) in [6.45, 7) is 9.64. The van der Waals surface area contributed by atoms with Gasteiger partial charge in [0.15, 0.2) is 0 Å². The molecule has 0 saturated heterocycles. The van der Waals surface area contributed by atoms with Crippen LogP contribution in [0.15, 0.2) is 64.0 Å². The van der Waals surface area contributed by atoms with Crippen LogP contribution in [0.5, 0.6) is 0 Å². The highest BCUT2D eigenvalue weighted by Gasteiger charge is 2.18. The van der Waals surface area contributed by atoms with Crippen LogP contribution >= 0.6 is 0 Å². The van der Waals surface area contributed by atoms with Crippen LogP contribution in [0.1, 0.15) is 39.0 Å². The molecule has 0 radical (unpaired) electrons. The Morgan fingerprint density at radius 1 is 0.939 bits per heavy atom. The van der Waals surface area contributed by atoms with Crippen LogP contribution < -0.4 is 5.73 Å². The summed E-state index contributed by atoms with van der Waals surface area (Å²) < 4.78 is 18.2. The quantitative estimate of drug-likeness (QED) is 0.436. The summed E-state index contributed by atoms with van der Waals surface area (Å²) in [5.74, 6) is 0.705. The predicted molar refractivity (Wildman–Crippen MR) is 130 cm³/mol. The molecule has 0 aliphatic heterocycles. The Morgan fingerprint density at radius 2 is 1.55 bits per heavy atom. The molecule has 4 rings (SSSR count). The van der Waals surface area contributed by atoms with Crippen LogP contribution in [0.2, 0.25) is 0 Å². The van der Waals surface area contributed by atoms with Crippen LogP contribution in [0, 0.1) is 6.92 Å². The van der Waals surface area contributed by atoms with E-state index in [4.69, 9.17) is 15.1 Å². The lowest BCUT2D eigenvalue weighted by molar-refractivity contribution is 0.554. The van der Waals surface area contributed by atoms with Gasteiger partial charge in [-0.05, 0) is 50.6 Å². The number of rotatable bonds is 6. The minimum Gasteiger partial charge on any atom is -0.415 e. The second-order valence-corrected chi connectivity index (χ2v) is 10.8. The molecule has 8 heteroatoms. The van der Waals surface area contributed by atoms with E-state index in [-0.39, 0.29) is 5.25 Å². The molecule has 0 fully saturated rings. The lowest BCUT2D eigenvalue weighted by Gasteiger charge is -2.18. The zero-order valence-electron chi connectivity index (χ0n) is 19.4. The van der Waals surface area contributed by atoms with Crippen LogP contribution in [-0.4, -0.2) is 29.6 Å². The molecular formula is C25H27N5O2S. The molecular weight excluding hydrogens is 434 g/mol. The molecule has 0 bridgehead atoms. The molecule has 1 unspecified atom stereocenters. The average molecular weight is 462 g/mol. The number of benzene rings is 2. The van der Waals surface area contributed by atoms with E-state index >= 15 is 0 Å². The van der Waals surface area contributed by atoms with Crippen molar-refractivity contribution in [3.63, 3.8) is 0 Å². The van der Waals surface area contributed by atoms with Gasteiger partial charge in [-0.15, -0.1) is 10.2 Å². The molecule has 2 aromatic heterocycles. The smallest absolute Gasteiger partial charge is 0.268 e. The number of nitrogens with zero attached hydrogens (tertiary/aromatic N) is 4. The van der Waals surface area contributed by atoms with Crippen molar-refractivity contribution in [1.82, 2.24) is 20.2 Å². The highest BCUT2D eigenvalue weighted by molar-refractivity contribution is 7.85. The zero-order chi connectivity index (χ0) is 23.8. The van der Waals surface area contributed by atoms with Crippen LogP contribution in [0.3, 0.4) is 0 Å². The first-order chi connectivity index (χ1) is 15.6. The summed E-state index contributed by atoms with van der Waals surface area (Å²) in [7, 11) is -1.04. The van der Waals surface area contributed by atoms with Gasteiger partial charge in [0.25, 0.3) is 5.89 Å². The van der Waals surface area contributed by atoms with Gasteiger partial charge in [-0.3, -0.25) is 9.19 Å². The molecule has 4 aromatic rings. The summed E-state index contributed by atoms with van der Waals surface area (Å²) in [4.78, 5) is 9.99. The van der Waals surface area contributed by atoms with Gasteiger partial charge in [-0.2, -0.15) is 0 Å². The van der Waals surface area contributed by atoms with Gasteiger partial charge in [0, 0.05) is 26.8 Å². The molecule has 1 atom stereocenters. The first-order valence-electron chi connectivity index (χ1n) is 10.7. The number of nitrogens with two attached hydrogens (primary N) is 1. The van der Waals surface area contributed by atoms with Gasteiger partial charge in [0.1, 0.15) is 5.69 Å². The van der Waals surface area contributed by atoms with E-state index in [0.717, 1.165) is 21.6 Å². The van der Waals surface area contributed by atoms with Crippen molar-refractivity contribution in [3.05, 3.63) is 66.0 Å². The standard InChI is InChI=1S/C25H27N5O2S/c1-15(2)33(31)20-12-8-17(9-13-20)21-14-27-16(3)22(28-21)24-30-29-23(32-24)18-6-10-19(11-7-18)25(4,5)26/h6-15H,26H2,1-5H3. The summed E-state index contributed by atoms with van der Waals surface area (Å²) in [5, 5.41) is 8.46. The number of aryl methyl sites for hydroxylation is 1. The molecule has 7 nitrogen and oxygen atoms in total. The van der Waals surface area contributed by atoms with Crippen molar-refractivity contribution >= 4 is 10.8 Å². The molecule has 0 aliphatic rings. The molecule has 0 amide bonds. The molecule has 0 saturated carbocycles. The van der Waals surface area contributed by atoms with E-state index in [1.807, 2.05) is 83.1 Å². The van der Waals surface area contributed by atoms with E-state index in [2.05, 4.69) is 15.2 Å². The highest BCUT2D eigenvalue weighted by atomic mass is 32.2. The number of hydrogen-bond donors (Lipinski definition) is 1. The third kappa shape index (κ3) is 4.91. The monoisotopic (exact) mass is 461 g/mol. The van der Waals surface area contributed by atoms with Crippen LogP contribution in [0.4, 0.5) is 0 Å². The summed E-state index contributed by atoms with van der Waals surface area (Å²) in [6.07, 6.45) is 1.71. The van der Waals surface area contributed by atoms with E-state index in [0.29, 0.717) is 28.9 Å². The SMILES string of the molecule is Cc1ncc(-c2ccc(S(=O)C(C)C)cc2)nc1-c1nnc(-c2ccc(C(C)(C)N)cc2)o1. The van der Waals surface area contributed by atoms with E-state index in [9.17, 15) is 4.21 Å². The fraction of sp³-hybridized carbons (Fsp3) is 0.280. The second-order valence-electron chi connectivity index (χ2n) is 8.77. The minimum absolute atomic E-state index is 0.0614. The Bertz CT molecular complexity index is 1290. The third-order valence-corrected chi connectivity index (χ3v) is 6.86. The minimum atomic E-state index is -1.04. The maximum absolute atomic E-state index is 12.3. The van der Waals surface area contributed by atoms with Crippen LogP contribution in [0.25, 0.3) is 34.3 Å². The van der Waals surface area contributed by atoms with Crippen molar-refractivity contribution < 1.29 is 8.63 Å². The molecule has 2 heterocycles. The maximum Gasteiger partial charge on any atom is 0.268 e. The van der Waals surface area contributed by atoms with Crippen molar-refractivity contribution in [2.24, 2.45) is 5.73 Å². The average Bonchev–Trinajstić information content (AvgIpc) is 3.28. The molecule has 2 N–H and O–H groups in total.